The van der Waals surface area contributed by atoms with Crippen LogP contribution in [0.2, 0.25) is 5.02 Å². The van der Waals surface area contributed by atoms with Crippen molar-refractivity contribution >= 4 is 29.1 Å². The van der Waals surface area contributed by atoms with Crippen molar-refractivity contribution in [3.8, 4) is 5.75 Å². The third kappa shape index (κ3) is 5.01. The lowest BCUT2D eigenvalue weighted by Crippen LogP contribution is -2.50. The quantitative estimate of drug-likeness (QED) is 0.715. The van der Waals surface area contributed by atoms with Crippen LogP contribution in [0.15, 0.2) is 12.1 Å². The van der Waals surface area contributed by atoms with Crippen molar-refractivity contribution < 1.29 is 19.1 Å². The molecule has 2 N–H and O–H groups in total. The Balaban J connectivity index is 1.78. The first kappa shape index (κ1) is 22.7. The van der Waals surface area contributed by atoms with Crippen molar-refractivity contribution in [2.75, 3.05) is 38.8 Å². The van der Waals surface area contributed by atoms with Gasteiger partial charge in [-0.3, -0.25) is 9.59 Å². The number of piperidine rings is 1. The molecule has 2 amide bonds. The summed E-state index contributed by atoms with van der Waals surface area (Å²) in [6.45, 7) is 5.75. The summed E-state index contributed by atoms with van der Waals surface area (Å²) in [7, 11) is 3.54. The number of carbonyl (C=O) groups excluding carboxylic acids is 2. The van der Waals surface area contributed by atoms with E-state index in [1.165, 1.54) is 0 Å². The van der Waals surface area contributed by atoms with Gasteiger partial charge in [0.15, 0.2) is 5.75 Å². The number of ether oxygens (including phenoxy) is 2. The molecule has 1 aromatic rings. The Kier molecular flexibility index (Phi) is 7.47. The first-order valence-corrected chi connectivity index (χ1v) is 11.0. The second kappa shape index (κ2) is 9.88. The average molecular weight is 438 g/mol. The third-order valence-electron chi connectivity index (χ3n) is 6.22. The van der Waals surface area contributed by atoms with Gasteiger partial charge in [0.05, 0.1) is 24.3 Å². The van der Waals surface area contributed by atoms with Crippen LogP contribution in [-0.2, 0) is 9.53 Å². The zero-order valence-corrected chi connectivity index (χ0v) is 18.9. The van der Waals surface area contributed by atoms with E-state index in [0.717, 1.165) is 24.9 Å². The first-order valence-electron chi connectivity index (χ1n) is 10.6. The topological polar surface area (TPSA) is 79.9 Å². The second-order valence-electron chi connectivity index (χ2n) is 8.40. The lowest BCUT2D eigenvalue weighted by Gasteiger charge is -2.34. The van der Waals surface area contributed by atoms with E-state index < -0.39 is 0 Å². The van der Waals surface area contributed by atoms with Crippen LogP contribution < -0.4 is 20.3 Å². The highest BCUT2D eigenvalue weighted by molar-refractivity contribution is 6.31. The van der Waals surface area contributed by atoms with Gasteiger partial charge in [-0.2, -0.15) is 0 Å². The number of amides is 2. The van der Waals surface area contributed by atoms with Crippen LogP contribution in [0.5, 0.6) is 5.75 Å². The number of anilines is 1. The SMILES string of the molecule is COc1c(C(=O)NCC2C(=O)NC(C)CC2C)cc(Cl)cc1N(C)C1CCOCC1. The zero-order chi connectivity index (χ0) is 21.8. The predicted octanol–water partition coefficient (Wildman–Crippen LogP) is 2.85. The minimum absolute atomic E-state index is 0.0143. The van der Waals surface area contributed by atoms with Gasteiger partial charge in [-0.1, -0.05) is 18.5 Å². The number of methoxy groups -OCH3 is 1. The summed E-state index contributed by atoms with van der Waals surface area (Å²) >= 11 is 6.37. The zero-order valence-electron chi connectivity index (χ0n) is 18.2. The lowest BCUT2D eigenvalue weighted by molar-refractivity contribution is -0.129. The maximum absolute atomic E-state index is 13.0. The monoisotopic (exact) mass is 437 g/mol. The number of rotatable bonds is 6. The van der Waals surface area contributed by atoms with Gasteiger partial charge in [-0.05, 0) is 44.2 Å². The molecule has 0 bridgehead atoms. The van der Waals surface area contributed by atoms with Gasteiger partial charge in [0, 0.05) is 43.9 Å². The van der Waals surface area contributed by atoms with Crippen molar-refractivity contribution in [3.05, 3.63) is 22.7 Å². The van der Waals surface area contributed by atoms with E-state index in [2.05, 4.69) is 15.5 Å². The fourth-order valence-corrected chi connectivity index (χ4v) is 4.69. The summed E-state index contributed by atoms with van der Waals surface area (Å²) in [4.78, 5) is 27.5. The summed E-state index contributed by atoms with van der Waals surface area (Å²) in [5, 5.41) is 6.34. The van der Waals surface area contributed by atoms with Crippen molar-refractivity contribution in [1.82, 2.24) is 10.6 Å². The van der Waals surface area contributed by atoms with Gasteiger partial charge in [0.25, 0.3) is 5.91 Å². The minimum atomic E-state index is -0.297. The summed E-state index contributed by atoms with van der Waals surface area (Å²) in [6, 6.07) is 3.89. The number of benzene rings is 1. The molecule has 0 aliphatic carbocycles. The van der Waals surface area contributed by atoms with Crippen LogP contribution in [0.4, 0.5) is 5.69 Å². The average Bonchev–Trinajstić information content (AvgIpc) is 2.72. The van der Waals surface area contributed by atoms with E-state index in [-0.39, 0.29) is 42.3 Å². The molecule has 2 aliphatic heterocycles. The van der Waals surface area contributed by atoms with Crippen LogP contribution in [0, 0.1) is 11.8 Å². The van der Waals surface area contributed by atoms with Gasteiger partial charge in [-0.25, -0.2) is 0 Å². The summed E-state index contributed by atoms with van der Waals surface area (Å²) < 4.78 is 11.1. The van der Waals surface area contributed by atoms with Gasteiger partial charge in [0.2, 0.25) is 5.91 Å². The Bertz CT molecular complexity index is 782. The molecule has 3 rings (SSSR count). The Labute approximate surface area is 183 Å². The number of nitrogens with one attached hydrogen (secondary N) is 2. The Morgan fingerprint density at radius 1 is 1.33 bits per heavy atom. The molecule has 8 heteroatoms. The van der Waals surface area contributed by atoms with Crippen LogP contribution >= 0.6 is 11.6 Å². The molecule has 2 heterocycles. The molecule has 2 fully saturated rings. The molecule has 30 heavy (non-hydrogen) atoms. The van der Waals surface area contributed by atoms with E-state index in [9.17, 15) is 9.59 Å². The van der Waals surface area contributed by atoms with Crippen molar-refractivity contribution in [2.24, 2.45) is 11.8 Å². The molecule has 3 unspecified atom stereocenters. The Morgan fingerprint density at radius 3 is 2.67 bits per heavy atom. The molecule has 0 radical (unpaired) electrons. The minimum Gasteiger partial charge on any atom is -0.494 e. The summed E-state index contributed by atoms with van der Waals surface area (Å²) in [6.07, 6.45) is 2.70. The van der Waals surface area contributed by atoms with Crippen LogP contribution in [0.25, 0.3) is 0 Å². The highest BCUT2D eigenvalue weighted by Gasteiger charge is 2.33. The smallest absolute Gasteiger partial charge is 0.255 e. The lowest BCUT2D eigenvalue weighted by atomic mass is 9.84. The van der Waals surface area contributed by atoms with E-state index in [0.29, 0.717) is 29.5 Å². The second-order valence-corrected chi connectivity index (χ2v) is 8.84. The van der Waals surface area contributed by atoms with Crippen LogP contribution in [0.3, 0.4) is 0 Å². The standard InChI is InChI=1S/C22H32ClN3O4/c1-13-9-14(2)25-22(28)18(13)12-24-21(27)17-10-15(23)11-19(20(17)29-4)26(3)16-5-7-30-8-6-16/h10-11,13-14,16,18H,5-9,12H2,1-4H3,(H,24,27)(H,25,28). The van der Waals surface area contributed by atoms with E-state index in [1.807, 2.05) is 27.0 Å². The molecule has 1 aromatic carbocycles. The molecule has 2 saturated heterocycles. The number of carbonyl (C=O) groups is 2. The fourth-order valence-electron chi connectivity index (χ4n) is 4.47. The van der Waals surface area contributed by atoms with Gasteiger partial charge < -0.3 is 25.0 Å². The van der Waals surface area contributed by atoms with E-state index >= 15 is 0 Å². The predicted molar refractivity (Wildman–Crippen MR) is 117 cm³/mol. The van der Waals surface area contributed by atoms with Crippen molar-refractivity contribution in [3.63, 3.8) is 0 Å². The Morgan fingerprint density at radius 2 is 2.03 bits per heavy atom. The number of halogens is 1. The molecule has 7 nitrogen and oxygen atoms in total. The molecular weight excluding hydrogens is 406 g/mol. The van der Waals surface area contributed by atoms with Gasteiger partial charge >= 0.3 is 0 Å². The van der Waals surface area contributed by atoms with Gasteiger partial charge in [0.1, 0.15) is 0 Å². The highest BCUT2D eigenvalue weighted by Crippen LogP contribution is 2.37. The molecular formula is C22H32ClN3O4. The summed E-state index contributed by atoms with van der Waals surface area (Å²) in [5.74, 6) is 0.125. The first-order chi connectivity index (χ1) is 14.3. The van der Waals surface area contributed by atoms with Gasteiger partial charge in [-0.15, -0.1) is 0 Å². The third-order valence-corrected chi connectivity index (χ3v) is 6.44. The molecule has 0 saturated carbocycles. The summed E-state index contributed by atoms with van der Waals surface area (Å²) in [5.41, 5.74) is 1.15. The number of nitrogens with zero attached hydrogens (tertiary/aromatic N) is 1. The fraction of sp³-hybridized carbons (Fsp3) is 0.636. The highest BCUT2D eigenvalue weighted by atomic mass is 35.5. The number of hydrogen-bond acceptors (Lipinski definition) is 5. The normalized spacial score (nSPS) is 24.8. The molecule has 2 aliphatic rings. The van der Waals surface area contributed by atoms with Crippen LogP contribution in [-0.4, -0.2) is 57.8 Å². The largest absolute Gasteiger partial charge is 0.494 e. The Hall–Kier alpha value is -1.99. The molecule has 0 spiro atoms. The maximum atomic E-state index is 13.0. The maximum Gasteiger partial charge on any atom is 0.255 e. The van der Waals surface area contributed by atoms with E-state index in [4.69, 9.17) is 21.1 Å². The van der Waals surface area contributed by atoms with E-state index in [1.54, 1.807) is 13.2 Å². The van der Waals surface area contributed by atoms with Crippen molar-refractivity contribution in [2.45, 2.75) is 45.2 Å². The molecule has 3 atom stereocenters. The van der Waals surface area contributed by atoms with Crippen molar-refractivity contribution in [1.29, 1.82) is 0 Å². The molecule has 0 aromatic heterocycles. The molecule has 166 valence electrons. The number of hydrogen-bond donors (Lipinski definition) is 2. The van der Waals surface area contributed by atoms with Crippen LogP contribution in [0.1, 0.15) is 43.5 Å².